The van der Waals surface area contributed by atoms with Crippen LogP contribution < -0.4 is 0 Å². The molecule has 4 aliphatic rings. The molecule has 7 heteroatoms. The first kappa shape index (κ1) is 13.9. The summed E-state index contributed by atoms with van der Waals surface area (Å²) in [6.07, 6.45) is 0. The molecule has 6 nitrogen and oxygen atoms in total. The van der Waals surface area contributed by atoms with E-state index >= 15 is 0 Å². The molecule has 1 aromatic carbocycles. The van der Waals surface area contributed by atoms with Crippen LogP contribution in [0.15, 0.2) is 29.4 Å². The van der Waals surface area contributed by atoms with Crippen LogP contribution in [0, 0.1) is 3.57 Å². The molecule has 21 heavy (non-hydrogen) atoms. The van der Waals surface area contributed by atoms with E-state index in [0.29, 0.717) is 0 Å². The molecule has 4 aliphatic heterocycles. The van der Waals surface area contributed by atoms with Crippen molar-refractivity contribution in [3.05, 3.63) is 33.4 Å². The Hall–Kier alpha value is -0.740. The van der Waals surface area contributed by atoms with E-state index in [0.717, 1.165) is 62.3 Å². The monoisotopic (exact) mass is 400 g/mol. The maximum Gasteiger partial charge on any atom is 0.141 e. The van der Waals surface area contributed by atoms with Gasteiger partial charge in [0.25, 0.3) is 0 Å². The molecule has 0 aliphatic carbocycles. The van der Waals surface area contributed by atoms with Crippen LogP contribution in [0.3, 0.4) is 0 Å². The minimum atomic E-state index is 0.778. The normalized spacial score (nSPS) is 38.0. The average Bonchev–Trinajstić information content (AvgIpc) is 2.44. The third-order valence-corrected chi connectivity index (χ3v) is 5.20. The van der Waals surface area contributed by atoms with Crippen molar-refractivity contribution in [3.63, 3.8) is 0 Å². The Morgan fingerprint density at radius 1 is 1.05 bits per heavy atom. The summed E-state index contributed by atoms with van der Waals surface area (Å²) in [4.78, 5) is 7.41. The van der Waals surface area contributed by atoms with Crippen molar-refractivity contribution in [2.75, 3.05) is 46.6 Å². The van der Waals surface area contributed by atoms with Gasteiger partial charge in [0.2, 0.25) is 0 Å². The molecule has 0 radical (unpaired) electrons. The Bertz CT molecular complexity index is 538. The van der Waals surface area contributed by atoms with Crippen LogP contribution in [0.2, 0.25) is 0 Å². The molecule has 5 rings (SSSR count). The van der Waals surface area contributed by atoms with Gasteiger partial charge in [-0.3, -0.25) is 4.48 Å². The van der Waals surface area contributed by atoms with Gasteiger partial charge in [-0.15, -0.1) is 0 Å². The Morgan fingerprint density at radius 3 is 2.05 bits per heavy atom. The molecule has 4 bridgehead atoms. The molecule has 4 fully saturated rings. The van der Waals surface area contributed by atoms with Gasteiger partial charge >= 0.3 is 0 Å². The maximum absolute atomic E-state index is 9.49. The van der Waals surface area contributed by atoms with Crippen molar-refractivity contribution in [2.45, 2.75) is 0 Å². The van der Waals surface area contributed by atoms with Crippen LogP contribution in [0.1, 0.15) is 5.56 Å². The number of quaternary nitrogens is 1. The molecule has 0 unspecified atom stereocenters. The van der Waals surface area contributed by atoms with E-state index < -0.39 is 0 Å². The summed E-state index contributed by atoms with van der Waals surface area (Å²) >= 11 is 2.29. The predicted octanol–water partition coefficient (Wildman–Crippen LogP) is 0.978. The van der Waals surface area contributed by atoms with Gasteiger partial charge in [-0.1, -0.05) is 17.3 Å². The third-order valence-electron chi connectivity index (χ3n) is 4.48. The Morgan fingerprint density at radius 2 is 1.57 bits per heavy atom. The first-order valence-corrected chi connectivity index (χ1v) is 8.23. The Balaban J connectivity index is 1.58. The zero-order valence-electron chi connectivity index (χ0n) is 11.8. The summed E-state index contributed by atoms with van der Waals surface area (Å²) < 4.78 is 2.15. The van der Waals surface area contributed by atoms with Crippen LogP contribution in [-0.4, -0.2) is 76.7 Å². The van der Waals surface area contributed by atoms with E-state index in [1.807, 2.05) is 12.1 Å². The highest BCUT2D eigenvalue weighted by molar-refractivity contribution is 14.1. The van der Waals surface area contributed by atoms with E-state index in [-0.39, 0.29) is 0 Å². The molecule has 0 amide bonds. The van der Waals surface area contributed by atoms with Crippen molar-refractivity contribution < 1.29 is 9.69 Å². The van der Waals surface area contributed by atoms with Gasteiger partial charge in [-0.05, 0) is 34.7 Å². The van der Waals surface area contributed by atoms with E-state index in [1.165, 1.54) is 3.57 Å². The number of benzene rings is 1. The SMILES string of the molecule is ON=C(C[N+]12CN3CN(CN(C3)C1)C2)c1ccc(I)cc1. The number of nitrogens with zero attached hydrogens (tertiary/aromatic N) is 5. The van der Waals surface area contributed by atoms with Crippen molar-refractivity contribution in [3.8, 4) is 0 Å². The first-order chi connectivity index (χ1) is 10.2. The van der Waals surface area contributed by atoms with E-state index in [4.69, 9.17) is 0 Å². The Labute approximate surface area is 137 Å². The second-order valence-corrected chi connectivity index (χ2v) is 7.66. The quantitative estimate of drug-likeness (QED) is 0.270. The van der Waals surface area contributed by atoms with Gasteiger partial charge < -0.3 is 5.21 Å². The van der Waals surface area contributed by atoms with Crippen LogP contribution in [0.5, 0.6) is 0 Å². The van der Waals surface area contributed by atoms with E-state index in [9.17, 15) is 5.21 Å². The second-order valence-electron chi connectivity index (χ2n) is 6.41. The smallest absolute Gasteiger partial charge is 0.141 e. The summed E-state index contributed by atoms with van der Waals surface area (Å²) in [5.41, 5.74) is 1.81. The average molecular weight is 400 g/mol. The van der Waals surface area contributed by atoms with Gasteiger partial charge in [0, 0.05) is 9.13 Å². The van der Waals surface area contributed by atoms with Crippen LogP contribution >= 0.6 is 22.6 Å². The summed E-state index contributed by atoms with van der Waals surface area (Å²) in [6, 6.07) is 8.21. The predicted molar refractivity (Wildman–Crippen MR) is 87.3 cm³/mol. The molecule has 4 heterocycles. The molecular formula is C14H19IN5O+. The highest BCUT2D eigenvalue weighted by Crippen LogP contribution is 2.29. The highest BCUT2D eigenvalue weighted by atomic mass is 127. The first-order valence-electron chi connectivity index (χ1n) is 7.15. The van der Waals surface area contributed by atoms with Gasteiger partial charge in [0.05, 0.1) is 20.0 Å². The molecule has 0 spiro atoms. The molecule has 112 valence electrons. The topological polar surface area (TPSA) is 42.3 Å². The van der Waals surface area contributed by atoms with E-state index in [2.05, 4.69) is 54.6 Å². The summed E-state index contributed by atoms with van der Waals surface area (Å²) in [7, 11) is 0. The minimum absolute atomic E-state index is 0.778. The lowest BCUT2D eigenvalue weighted by atomic mass is 10.1. The van der Waals surface area contributed by atoms with Crippen molar-refractivity contribution in [2.24, 2.45) is 5.16 Å². The molecular weight excluding hydrogens is 381 g/mol. The zero-order chi connectivity index (χ0) is 14.4. The fourth-order valence-corrected chi connectivity index (χ4v) is 4.31. The molecule has 0 aromatic heterocycles. The fourth-order valence-electron chi connectivity index (χ4n) is 3.95. The summed E-state index contributed by atoms with van der Waals surface area (Å²) in [6.45, 7) is 7.16. The lowest BCUT2D eigenvalue weighted by Crippen LogP contribution is -2.79. The maximum atomic E-state index is 9.49. The molecule has 0 atom stereocenters. The largest absolute Gasteiger partial charge is 0.410 e. The molecule has 1 aromatic rings. The van der Waals surface area contributed by atoms with Crippen molar-refractivity contribution in [1.82, 2.24) is 14.7 Å². The van der Waals surface area contributed by atoms with Gasteiger partial charge in [-0.2, -0.15) is 0 Å². The molecule has 4 saturated heterocycles. The Kier molecular flexibility index (Phi) is 3.42. The molecule has 1 N–H and O–H groups in total. The van der Waals surface area contributed by atoms with E-state index in [1.54, 1.807) is 0 Å². The number of halogens is 1. The summed E-state index contributed by atoms with van der Waals surface area (Å²) in [5, 5.41) is 13.1. The summed E-state index contributed by atoms with van der Waals surface area (Å²) in [5.74, 6) is 0. The van der Waals surface area contributed by atoms with Crippen LogP contribution in [-0.2, 0) is 0 Å². The number of hydrogen-bond acceptors (Lipinski definition) is 5. The van der Waals surface area contributed by atoms with Crippen LogP contribution in [0.25, 0.3) is 0 Å². The van der Waals surface area contributed by atoms with Gasteiger partial charge in [0.1, 0.15) is 32.3 Å². The number of oxime groups is 1. The fraction of sp³-hybridized carbons (Fsp3) is 0.500. The number of hydrogen-bond donors (Lipinski definition) is 1. The zero-order valence-corrected chi connectivity index (χ0v) is 14.0. The lowest BCUT2D eigenvalue weighted by Gasteiger charge is -2.60. The third kappa shape index (κ3) is 2.57. The lowest BCUT2D eigenvalue weighted by molar-refractivity contribution is -0.972. The van der Waals surface area contributed by atoms with Gasteiger partial charge in [0.15, 0.2) is 0 Å². The second kappa shape index (κ2) is 5.17. The van der Waals surface area contributed by atoms with Crippen molar-refractivity contribution in [1.29, 1.82) is 0 Å². The number of rotatable bonds is 3. The van der Waals surface area contributed by atoms with Crippen molar-refractivity contribution >= 4 is 28.3 Å². The van der Waals surface area contributed by atoms with Gasteiger partial charge in [-0.25, -0.2) is 14.7 Å². The standard InChI is InChI=1S/C14H18IN5O/c15-13-3-1-12(2-4-13)14(16-21)5-20-9-17-6-18(10-20)8-19(7-17)11-20/h1-4H,5-11H2/p+1. The highest BCUT2D eigenvalue weighted by Gasteiger charge is 2.49. The minimum Gasteiger partial charge on any atom is -0.410 e. The molecule has 0 saturated carbocycles. The van der Waals surface area contributed by atoms with Crippen LogP contribution in [0.4, 0.5) is 0 Å².